The van der Waals surface area contributed by atoms with E-state index in [1.165, 1.54) is 0 Å². The lowest BCUT2D eigenvalue weighted by Gasteiger charge is -2.22. The summed E-state index contributed by atoms with van der Waals surface area (Å²) in [6, 6.07) is 7.65. The molecule has 1 aliphatic heterocycles. The molecule has 2 heterocycles. The van der Waals surface area contributed by atoms with Crippen LogP contribution in [0.5, 0.6) is 0 Å². The molecule has 5 nitrogen and oxygen atoms in total. The average molecular weight is 465 g/mol. The molecule has 0 bridgehead atoms. The van der Waals surface area contributed by atoms with Crippen LogP contribution in [0.25, 0.3) is 0 Å². The van der Waals surface area contributed by atoms with Gasteiger partial charge in [-0.2, -0.15) is 0 Å². The van der Waals surface area contributed by atoms with E-state index in [-0.39, 0.29) is 5.91 Å². The van der Waals surface area contributed by atoms with Crippen LogP contribution in [0.3, 0.4) is 0 Å². The summed E-state index contributed by atoms with van der Waals surface area (Å²) < 4.78 is 6.31. The first-order valence-corrected chi connectivity index (χ1v) is 10.8. The Morgan fingerprint density at radius 1 is 1.21 bits per heavy atom. The van der Waals surface area contributed by atoms with Gasteiger partial charge < -0.3 is 15.4 Å². The number of benzene rings is 1. The number of carbonyl (C=O) groups is 1. The second-order valence-corrected chi connectivity index (χ2v) is 8.77. The number of anilines is 2. The van der Waals surface area contributed by atoms with Crippen LogP contribution >= 0.6 is 27.5 Å². The number of halogens is 2. The second-order valence-electron chi connectivity index (χ2n) is 7.45. The number of nitrogens with zero attached hydrogens (tertiary/aromatic N) is 1. The molecule has 7 heteroatoms. The number of carbonyl (C=O) groups excluding carboxylic acids is 1. The summed E-state index contributed by atoms with van der Waals surface area (Å²) in [6.07, 6.45) is 5.92. The minimum absolute atomic E-state index is 0.0332. The lowest BCUT2D eigenvalue weighted by atomic mass is 10.00. The number of hydrogen-bond donors (Lipinski definition) is 2. The number of aromatic nitrogens is 1. The van der Waals surface area contributed by atoms with Crippen LogP contribution in [-0.4, -0.2) is 30.6 Å². The highest BCUT2D eigenvalue weighted by atomic mass is 79.9. The van der Waals surface area contributed by atoms with Gasteiger partial charge in [0.15, 0.2) is 0 Å². The Labute approximate surface area is 178 Å². The van der Waals surface area contributed by atoms with Crippen molar-refractivity contribution in [1.82, 2.24) is 10.3 Å². The minimum atomic E-state index is -0.0332. The van der Waals surface area contributed by atoms with Crippen LogP contribution in [0.15, 0.2) is 34.9 Å². The van der Waals surface area contributed by atoms with E-state index in [9.17, 15) is 4.79 Å². The van der Waals surface area contributed by atoms with E-state index in [1.54, 1.807) is 6.20 Å². The largest absolute Gasteiger partial charge is 0.381 e. The van der Waals surface area contributed by atoms with Gasteiger partial charge in [0.2, 0.25) is 0 Å². The Bertz CT molecular complexity index is 867. The van der Waals surface area contributed by atoms with Gasteiger partial charge in [-0.3, -0.25) is 4.79 Å². The van der Waals surface area contributed by atoms with Gasteiger partial charge >= 0.3 is 0 Å². The van der Waals surface area contributed by atoms with E-state index in [4.69, 9.17) is 16.3 Å². The van der Waals surface area contributed by atoms with Crippen LogP contribution in [0.2, 0.25) is 5.02 Å². The maximum Gasteiger partial charge on any atom is 0.253 e. The number of hydrogen-bond acceptors (Lipinski definition) is 4. The van der Waals surface area contributed by atoms with Gasteiger partial charge in [0.1, 0.15) is 5.82 Å². The molecule has 1 saturated carbocycles. The van der Waals surface area contributed by atoms with Gasteiger partial charge in [0.05, 0.1) is 16.3 Å². The molecule has 2 N–H and O–H groups in total. The molecule has 1 aliphatic carbocycles. The van der Waals surface area contributed by atoms with E-state index >= 15 is 0 Å². The van der Waals surface area contributed by atoms with E-state index in [0.29, 0.717) is 34.8 Å². The van der Waals surface area contributed by atoms with Crippen molar-refractivity contribution in [2.24, 2.45) is 5.92 Å². The lowest BCUT2D eigenvalue weighted by Crippen LogP contribution is -2.32. The van der Waals surface area contributed by atoms with Crippen LogP contribution in [-0.2, 0) is 4.74 Å². The fourth-order valence-electron chi connectivity index (χ4n) is 3.47. The Hall–Kier alpha value is -1.63. The third-order valence-electron chi connectivity index (χ3n) is 5.28. The summed E-state index contributed by atoms with van der Waals surface area (Å²) >= 11 is 9.71. The Kier molecular flexibility index (Phi) is 6.19. The van der Waals surface area contributed by atoms with Gasteiger partial charge in [-0.1, -0.05) is 27.5 Å². The van der Waals surface area contributed by atoms with Crippen molar-refractivity contribution >= 4 is 44.9 Å². The molecule has 1 aromatic heterocycles. The normalized spacial score (nSPS) is 17.4. The Morgan fingerprint density at radius 3 is 2.71 bits per heavy atom. The van der Waals surface area contributed by atoms with Crippen molar-refractivity contribution < 1.29 is 9.53 Å². The Morgan fingerprint density at radius 2 is 2.00 bits per heavy atom. The summed E-state index contributed by atoms with van der Waals surface area (Å²) in [7, 11) is 0. The molecule has 2 aromatic rings. The number of ether oxygens (including phenoxy) is 1. The van der Waals surface area contributed by atoms with Crippen LogP contribution in [0.4, 0.5) is 11.5 Å². The highest BCUT2D eigenvalue weighted by Crippen LogP contribution is 2.42. The molecule has 1 amide bonds. The van der Waals surface area contributed by atoms with E-state index < -0.39 is 0 Å². The monoisotopic (exact) mass is 463 g/mol. The third kappa shape index (κ3) is 4.85. The molecule has 4 rings (SSSR count). The smallest absolute Gasteiger partial charge is 0.253 e. The lowest BCUT2D eigenvalue weighted by molar-refractivity contribution is 0.0642. The topological polar surface area (TPSA) is 63.2 Å². The first-order valence-electron chi connectivity index (χ1n) is 9.68. The summed E-state index contributed by atoms with van der Waals surface area (Å²) in [5.74, 6) is 1.60. The molecular weight excluding hydrogens is 442 g/mol. The van der Waals surface area contributed by atoms with Crippen LogP contribution in [0, 0.1) is 5.92 Å². The molecular formula is C21H23BrClN3O2. The first kappa shape index (κ1) is 19.7. The minimum Gasteiger partial charge on any atom is -0.381 e. The van der Waals surface area contributed by atoms with Crippen molar-refractivity contribution in [3.8, 4) is 0 Å². The maximum absolute atomic E-state index is 12.8. The van der Waals surface area contributed by atoms with Crippen LogP contribution < -0.4 is 10.6 Å². The molecule has 2 fully saturated rings. The van der Waals surface area contributed by atoms with E-state index in [2.05, 4.69) is 31.5 Å². The average Bonchev–Trinajstić information content (AvgIpc) is 3.54. The predicted octanol–water partition coefficient (Wildman–Crippen LogP) is 5.27. The van der Waals surface area contributed by atoms with Crippen molar-refractivity contribution in [3.05, 3.63) is 51.1 Å². The fraction of sp³-hybridized carbons (Fsp3) is 0.429. The number of pyridine rings is 1. The molecule has 148 valence electrons. The maximum atomic E-state index is 12.8. The zero-order valence-corrected chi connectivity index (χ0v) is 17.9. The molecule has 1 saturated heterocycles. The van der Waals surface area contributed by atoms with Gasteiger partial charge in [-0.05, 0) is 67.3 Å². The van der Waals surface area contributed by atoms with Gasteiger partial charge in [0, 0.05) is 30.4 Å². The molecule has 0 spiro atoms. The number of amides is 1. The molecule has 0 atom stereocenters. The molecule has 2 aliphatic rings. The number of nitrogens with one attached hydrogen (secondary N) is 2. The Balaban J connectivity index is 1.48. The first-order chi connectivity index (χ1) is 13.6. The van der Waals surface area contributed by atoms with Crippen molar-refractivity contribution in [1.29, 1.82) is 0 Å². The highest BCUT2D eigenvalue weighted by Gasteiger charge is 2.29. The highest BCUT2D eigenvalue weighted by molar-refractivity contribution is 9.10. The predicted molar refractivity (Wildman–Crippen MR) is 115 cm³/mol. The zero-order chi connectivity index (χ0) is 19.5. The third-order valence-corrected chi connectivity index (χ3v) is 6.09. The molecule has 28 heavy (non-hydrogen) atoms. The fourth-order valence-corrected chi connectivity index (χ4v) is 4.19. The quantitative estimate of drug-likeness (QED) is 0.611. The van der Waals surface area contributed by atoms with Crippen molar-refractivity contribution in [2.45, 2.75) is 31.6 Å². The molecule has 0 radical (unpaired) electrons. The summed E-state index contributed by atoms with van der Waals surface area (Å²) in [5.41, 5.74) is 2.54. The summed E-state index contributed by atoms with van der Waals surface area (Å²) in [4.78, 5) is 17.2. The molecule has 1 aromatic carbocycles. The van der Waals surface area contributed by atoms with Gasteiger partial charge in [0.25, 0.3) is 5.91 Å². The standard InChI is InChI=1S/C21H23BrClN3O2/c22-15-3-4-19(18(23)9-15)26-20-10-16(14-1-2-14)17(12-24-20)21(27)25-11-13-5-7-28-8-6-13/h3-4,9-10,12-14H,1-2,5-8,11H2,(H,24,26)(H,25,27). The van der Waals surface area contributed by atoms with Crippen molar-refractivity contribution in [3.63, 3.8) is 0 Å². The zero-order valence-electron chi connectivity index (χ0n) is 15.5. The van der Waals surface area contributed by atoms with Gasteiger partial charge in [-0.25, -0.2) is 4.98 Å². The van der Waals surface area contributed by atoms with E-state index in [1.807, 2.05) is 24.3 Å². The van der Waals surface area contributed by atoms with Gasteiger partial charge in [-0.15, -0.1) is 0 Å². The second kappa shape index (κ2) is 8.80. The SMILES string of the molecule is O=C(NCC1CCOCC1)c1cnc(Nc2ccc(Br)cc2Cl)cc1C1CC1. The molecule has 0 unspecified atom stereocenters. The number of rotatable bonds is 6. The van der Waals surface area contributed by atoms with Crippen LogP contribution in [0.1, 0.15) is 47.5 Å². The summed E-state index contributed by atoms with van der Waals surface area (Å²) in [5, 5.41) is 6.97. The van der Waals surface area contributed by atoms with E-state index in [0.717, 1.165) is 54.6 Å². The van der Waals surface area contributed by atoms with Crippen molar-refractivity contribution in [2.75, 3.05) is 25.1 Å². The summed E-state index contributed by atoms with van der Waals surface area (Å²) in [6.45, 7) is 2.27.